The van der Waals surface area contributed by atoms with Crippen molar-refractivity contribution in [1.29, 1.82) is 5.26 Å². The zero-order valence-electron chi connectivity index (χ0n) is 8.29. The van der Waals surface area contributed by atoms with Gasteiger partial charge in [-0.3, -0.25) is 0 Å². The quantitative estimate of drug-likeness (QED) is 0.851. The van der Waals surface area contributed by atoms with Gasteiger partial charge in [0, 0.05) is 6.20 Å². The summed E-state index contributed by atoms with van der Waals surface area (Å²) >= 11 is 1.35. The predicted molar refractivity (Wildman–Crippen MR) is 61.7 cm³/mol. The standard InChI is InChI=1S/C11H8N4S/c12-6-8-5-9(13)7-15-11(8)16-10-3-1-2-4-14-10/h1-5,7H,13H2. The smallest absolute Gasteiger partial charge is 0.120 e. The van der Waals surface area contributed by atoms with Gasteiger partial charge in [0.15, 0.2) is 0 Å². The van der Waals surface area contributed by atoms with Crippen LogP contribution in [0.25, 0.3) is 0 Å². The average Bonchev–Trinajstić information content (AvgIpc) is 2.33. The molecule has 2 aromatic rings. The molecule has 0 unspecified atom stereocenters. The van der Waals surface area contributed by atoms with Gasteiger partial charge in [-0.05, 0) is 30.0 Å². The maximum absolute atomic E-state index is 8.94. The van der Waals surface area contributed by atoms with E-state index in [1.807, 2.05) is 18.2 Å². The molecular weight excluding hydrogens is 220 g/mol. The lowest BCUT2D eigenvalue weighted by atomic mass is 10.3. The van der Waals surface area contributed by atoms with Gasteiger partial charge in [0.1, 0.15) is 16.1 Å². The van der Waals surface area contributed by atoms with Gasteiger partial charge in [0.25, 0.3) is 0 Å². The number of anilines is 1. The molecule has 0 aliphatic carbocycles. The molecule has 0 aliphatic heterocycles. The molecular formula is C11H8N4S. The van der Waals surface area contributed by atoms with Gasteiger partial charge in [-0.15, -0.1) is 0 Å². The molecule has 0 saturated heterocycles. The van der Waals surface area contributed by atoms with Gasteiger partial charge in [-0.1, -0.05) is 6.07 Å². The van der Waals surface area contributed by atoms with Crippen LogP contribution in [0.4, 0.5) is 5.69 Å². The fraction of sp³-hybridized carbons (Fsp3) is 0. The number of nitrogens with zero attached hydrogens (tertiary/aromatic N) is 3. The number of nitriles is 1. The molecule has 0 aliphatic rings. The maximum atomic E-state index is 8.94. The van der Waals surface area contributed by atoms with Crippen molar-refractivity contribution >= 4 is 17.4 Å². The van der Waals surface area contributed by atoms with Gasteiger partial charge < -0.3 is 5.73 Å². The molecule has 16 heavy (non-hydrogen) atoms. The molecule has 2 rings (SSSR count). The highest BCUT2D eigenvalue weighted by atomic mass is 32.2. The van der Waals surface area contributed by atoms with Crippen LogP contribution >= 0.6 is 11.8 Å². The number of rotatable bonds is 2. The summed E-state index contributed by atoms with van der Waals surface area (Å²) in [6.45, 7) is 0. The van der Waals surface area contributed by atoms with Crippen LogP contribution in [0.1, 0.15) is 5.56 Å². The molecule has 4 nitrogen and oxygen atoms in total. The van der Waals surface area contributed by atoms with Crippen molar-refractivity contribution in [2.45, 2.75) is 10.1 Å². The van der Waals surface area contributed by atoms with Crippen molar-refractivity contribution in [3.05, 3.63) is 42.2 Å². The van der Waals surface area contributed by atoms with Crippen molar-refractivity contribution < 1.29 is 0 Å². The monoisotopic (exact) mass is 228 g/mol. The predicted octanol–water partition coefficient (Wildman–Crippen LogP) is 2.08. The van der Waals surface area contributed by atoms with Gasteiger partial charge in [0.05, 0.1) is 17.4 Å². The van der Waals surface area contributed by atoms with Crippen LogP contribution in [-0.4, -0.2) is 9.97 Å². The third-order valence-corrected chi connectivity index (χ3v) is 2.80. The number of hydrogen-bond acceptors (Lipinski definition) is 5. The Balaban J connectivity index is 2.32. The second kappa shape index (κ2) is 4.64. The first-order valence-corrected chi connectivity index (χ1v) is 5.36. The van der Waals surface area contributed by atoms with Crippen LogP contribution in [0, 0.1) is 11.3 Å². The summed E-state index contributed by atoms with van der Waals surface area (Å²) in [6.07, 6.45) is 3.23. The summed E-state index contributed by atoms with van der Waals surface area (Å²) in [7, 11) is 0. The minimum atomic E-state index is 0.468. The number of nitrogens with two attached hydrogens (primary N) is 1. The summed E-state index contributed by atoms with van der Waals surface area (Å²) in [5, 5.41) is 10.4. The van der Waals surface area contributed by atoms with E-state index in [0.29, 0.717) is 16.3 Å². The van der Waals surface area contributed by atoms with Crippen molar-refractivity contribution in [1.82, 2.24) is 9.97 Å². The maximum Gasteiger partial charge on any atom is 0.120 e. The van der Waals surface area contributed by atoms with Gasteiger partial charge in [0.2, 0.25) is 0 Å². The van der Waals surface area contributed by atoms with Crippen molar-refractivity contribution in [3.63, 3.8) is 0 Å². The summed E-state index contributed by atoms with van der Waals surface area (Å²) in [6, 6.07) is 9.27. The first kappa shape index (κ1) is 10.5. The molecule has 2 aromatic heterocycles. The van der Waals surface area contributed by atoms with Crippen molar-refractivity contribution in [2.24, 2.45) is 0 Å². The molecule has 0 atom stereocenters. The fourth-order valence-corrected chi connectivity index (χ4v) is 1.91. The van der Waals surface area contributed by atoms with Crippen LogP contribution in [0.3, 0.4) is 0 Å². The second-order valence-corrected chi connectivity index (χ2v) is 4.01. The lowest BCUT2D eigenvalue weighted by Gasteiger charge is -2.02. The fourth-order valence-electron chi connectivity index (χ4n) is 1.14. The van der Waals surface area contributed by atoms with Gasteiger partial charge >= 0.3 is 0 Å². The molecule has 0 radical (unpaired) electrons. The van der Waals surface area contributed by atoms with Crippen LogP contribution < -0.4 is 5.73 Å². The lowest BCUT2D eigenvalue weighted by Crippen LogP contribution is -1.92. The van der Waals surface area contributed by atoms with E-state index in [9.17, 15) is 0 Å². The van der Waals surface area contributed by atoms with Gasteiger partial charge in [-0.25, -0.2) is 9.97 Å². The van der Waals surface area contributed by atoms with Gasteiger partial charge in [-0.2, -0.15) is 5.26 Å². The summed E-state index contributed by atoms with van der Waals surface area (Å²) in [4.78, 5) is 8.27. The zero-order chi connectivity index (χ0) is 11.4. The summed E-state index contributed by atoms with van der Waals surface area (Å²) < 4.78 is 0. The normalized spacial score (nSPS) is 9.69. The largest absolute Gasteiger partial charge is 0.397 e. The number of nitrogen functional groups attached to an aromatic ring is 1. The topological polar surface area (TPSA) is 75.6 Å². The van der Waals surface area contributed by atoms with E-state index in [0.717, 1.165) is 5.03 Å². The second-order valence-electron chi connectivity index (χ2n) is 3.00. The third-order valence-electron chi connectivity index (χ3n) is 1.83. The highest BCUT2D eigenvalue weighted by Crippen LogP contribution is 2.27. The molecule has 0 aromatic carbocycles. The van der Waals surface area contributed by atoms with Crippen molar-refractivity contribution in [3.8, 4) is 6.07 Å². The molecule has 0 bridgehead atoms. The molecule has 78 valence electrons. The van der Waals surface area contributed by atoms with E-state index >= 15 is 0 Å². The van der Waals surface area contributed by atoms with E-state index < -0.39 is 0 Å². The minimum Gasteiger partial charge on any atom is -0.397 e. The van der Waals surface area contributed by atoms with Crippen LogP contribution in [-0.2, 0) is 0 Å². The first-order chi connectivity index (χ1) is 7.79. The Kier molecular flexibility index (Phi) is 3.03. The molecule has 0 fully saturated rings. The number of pyridine rings is 2. The Morgan fingerprint density at radius 1 is 1.31 bits per heavy atom. The SMILES string of the molecule is N#Cc1cc(N)cnc1Sc1ccccn1. The van der Waals surface area contributed by atoms with Crippen molar-refractivity contribution in [2.75, 3.05) is 5.73 Å². The van der Waals surface area contributed by atoms with E-state index in [4.69, 9.17) is 11.0 Å². The average molecular weight is 228 g/mol. The van der Waals surface area contributed by atoms with E-state index in [2.05, 4.69) is 16.0 Å². The molecule has 0 amide bonds. The van der Waals surface area contributed by atoms with E-state index in [-0.39, 0.29) is 0 Å². The van der Waals surface area contributed by atoms with Crippen LogP contribution in [0.15, 0.2) is 46.7 Å². The first-order valence-electron chi connectivity index (χ1n) is 4.54. The van der Waals surface area contributed by atoms with E-state index in [1.54, 1.807) is 12.3 Å². The Morgan fingerprint density at radius 2 is 2.19 bits per heavy atom. The Morgan fingerprint density at radius 3 is 2.88 bits per heavy atom. The van der Waals surface area contributed by atoms with Crippen LogP contribution in [0.5, 0.6) is 0 Å². The highest BCUT2D eigenvalue weighted by Gasteiger charge is 2.06. The number of hydrogen-bond donors (Lipinski definition) is 1. The number of aromatic nitrogens is 2. The highest BCUT2D eigenvalue weighted by molar-refractivity contribution is 7.99. The summed E-state index contributed by atoms with van der Waals surface area (Å²) in [5.41, 5.74) is 6.51. The minimum absolute atomic E-state index is 0.468. The Bertz CT molecular complexity index is 533. The molecule has 0 spiro atoms. The molecule has 0 saturated carbocycles. The van der Waals surface area contributed by atoms with Crippen LogP contribution in [0.2, 0.25) is 0 Å². The summed E-state index contributed by atoms with van der Waals surface area (Å²) in [5.74, 6) is 0. The molecule has 5 heteroatoms. The van der Waals surface area contributed by atoms with E-state index in [1.165, 1.54) is 18.0 Å². The Labute approximate surface area is 97.1 Å². The zero-order valence-corrected chi connectivity index (χ0v) is 9.11. The lowest BCUT2D eigenvalue weighted by molar-refractivity contribution is 1.08. The molecule has 2 N–H and O–H groups in total. The third kappa shape index (κ3) is 2.30. The molecule has 2 heterocycles. The Hall–Kier alpha value is -2.06.